The van der Waals surface area contributed by atoms with E-state index in [4.69, 9.17) is 0 Å². The minimum absolute atomic E-state index is 0.334. The zero-order valence-electron chi connectivity index (χ0n) is 11.8. The van der Waals surface area contributed by atoms with Gasteiger partial charge in [0.1, 0.15) is 5.82 Å². The Labute approximate surface area is 122 Å². The number of amides is 2. The van der Waals surface area contributed by atoms with E-state index in [0.717, 1.165) is 5.69 Å². The molecule has 0 saturated carbocycles. The van der Waals surface area contributed by atoms with E-state index in [0.29, 0.717) is 11.5 Å². The molecule has 1 heterocycles. The second-order valence-electron chi connectivity index (χ2n) is 4.56. The number of anilines is 3. The average molecular weight is 284 g/mol. The van der Waals surface area contributed by atoms with E-state index in [-0.39, 0.29) is 0 Å². The van der Waals surface area contributed by atoms with Crippen LogP contribution in [0.25, 0.3) is 0 Å². The minimum Gasteiger partial charge on any atom is -0.378 e. The second-order valence-corrected chi connectivity index (χ2v) is 4.56. The van der Waals surface area contributed by atoms with Crippen molar-refractivity contribution >= 4 is 29.0 Å². The van der Waals surface area contributed by atoms with Gasteiger partial charge in [0.05, 0.1) is 0 Å². The predicted molar refractivity (Wildman–Crippen MR) is 82.3 cm³/mol. The Morgan fingerprint density at radius 3 is 2.19 bits per heavy atom. The molecule has 6 heteroatoms. The van der Waals surface area contributed by atoms with Crippen molar-refractivity contribution in [1.82, 2.24) is 4.98 Å². The summed E-state index contributed by atoms with van der Waals surface area (Å²) in [6.07, 6.45) is 1.54. The molecule has 108 valence electrons. The maximum atomic E-state index is 11.8. The first-order valence-corrected chi connectivity index (χ1v) is 6.37. The van der Waals surface area contributed by atoms with Crippen molar-refractivity contribution in [3.05, 3.63) is 48.7 Å². The molecular formula is C15H16N4O2. The standard InChI is InChI=1S/C15H16N4O2/c1-19(2)12-8-6-11(7-9-12)17-14(20)15(21)18-13-5-3-4-10-16-13/h3-10H,1-2H3,(H,17,20)(H,16,18,21). The lowest BCUT2D eigenvalue weighted by atomic mass is 10.2. The Kier molecular flexibility index (Phi) is 4.50. The predicted octanol–water partition coefficient (Wildman–Crippen LogP) is 1.72. The van der Waals surface area contributed by atoms with Crippen LogP contribution in [0.3, 0.4) is 0 Å². The molecule has 0 unspecified atom stereocenters. The number of hydrogen-bond acceptors (Lipinski definition) is 4. The third kappa shape index (κ3) is 4.04. The van der Waals surface area contributed by atoms with Crippen LogP contribution in [-0.4, -0.2) is 30.9 Å². The summed E-state index contributed by atoms with van der Waals surface area (Å²) in [5, 5.41) is 4.95. The highest BCUT2D eigenvalue weighted by atomic mass is 16.2. The monoisotopic (exact) mass is 284 g/mol. The van der Waals surface area contributed by atoms with E-state index in [9.17, 15) is 9.59 Å². The summed E-state index contributed by atoms with van der Waals surface area (Å²) in [4.78, 5) is 29.4. The van der Waals surface area contributed by atoms with E-state index in [1.165, 1.54) is 6.20 Å². The molecule has 0 atom stereocenters. The third-order valence-electron chi connectivity index (χ3n) is 2.75. The van der Waals surface area contributed by atoms with Gasteiger partial charge in [-0.15, -0.1) is 0 Å². The highest BCUT2D eigenvalue weighted by Gasteiger charge is 2.14. The quantitative estimate of drug-likeness (QED) is 0.842. The Bertz CT molecular complexity index is 624. The van der Waals surface area contributed by atoms with Gasteiger partial charge in [0.2, 0.25) is 0 Å². The molecule has 0 radical (unpaired) electrons. The molecule has 0 aliphatic rings. The number of aromatic nitrogens is 1. The van der Waals surface area contributed by atoms with Crippen LogP contribution < -0.4 is 15.5 Å². The summed E-state index contributed by atoms with van der Waals surface area (Å²) < 4.78 is 0. The van der Waals surface area contributed by atoms with Crippen LogP contribution in [0.15, 0.2) is 48.7 Å². The topological polar surface area (TPSA) is 74.3 Å². The highest BCUT2D eigenvalue weighted by molar-refractivity contribution is 6.43. The average Bonchev–Trinajstić information content (AvgIpc) is 2.48. The normalized spacial score (nSPS) is 9.81. The lowest BCUT2D eigenvalue weighted by Gasteiger charge is -2.12. The number of carbonyl (C=O) groups is 2. The maximum absolute atomic E-state index is 11.8. The smallest absolute Gasteiger partial charge is 0.315 e. The first-order valence-electron chi connectivity index (χ1n) is 6.37. The van der Waals surface area contributed by atoms with Gasteiger partial charge < -0.3 is 15.5 Å². The summed E-state index contributed by atoms with van der Waals surface area (Å²) in [5.74, 6) is -1.16. The molecule has 2 amide bonds. The molecule has 0 bridgehead atoms. The molecule has 0 fully saturated rings. The molecular weight excluding hydrogens is 268 g/mol. The van der Waals surface area contributed by atoms with Gasteiger partial charge in [0, 0.05) is 31.7 Å². The Hall–Kier alpha value is -2.89. The van der Waals surface area contributed by atoms with Gasteiger partial charge >= 0.3 is 11.8 Å². The fourth-order valence-electron chi connectivity index (χ4n) is 1.64. The molecule has 6 nitrogen and oxygen atoms in total. The number of carbonyl (C=O) groups excluding carboxylic acids is 2. The molecule has 2 rings (SSSR count). The molecule has 21 heavy (non-hydrogen) atoms. The molecule has 0 aliphatic heterocycles. The van der Waals surface area contributed by atoms with Crippen molar-refractivity contribution < 1.29 is 9.59 Å². The van der Waals surface area contributed by atoms with Crippen LogP contribution in [-0.2, 0) is 9.59 Å². The van der Waals surface area contributed by atoms with E-state index in [1.807, 2.05) is 31.1 Å². The molecule has 2 aromatic rings. The van der Waals surface area contributed by atoms with Gasteiger partial charge in [-0.1, -0.05) is 6.07 Å². The maximum Gasteiger partial charge on any atom is 0.315 e. The SMILES string of the molecule is CN(C)c1ccc(NC(=O)C(=O)Nc2ccccn2)cc1. The third-order valence-corrected chi connectivity index (χ3v) is 2.75. The minimum atomic E-state index is -0.759. The fraction of sp³-hybridized carbons (Fsp3) is 0.133. The molecule has 0 aliphatic carbocycles. The Morgan fingerprint density at radius 2 is 1.62 bits per heavy atom. The van der Waals surface area contributed by atoms with Crippen LogP contribution >= 0.6 is 0 Å². The van der Waals surface area contributed by atoms with Crippen LogP contribution in [0.2, 0.25) is 0 Å². The first kappa shape index (κ1) is 14.5. The number of nitrogens with zero attached hydrogens (tertiary/aromatic N) is 2. The summed E-state index contributed by atoms with van der Waals surface area (Å²) in [5.41, 5.74) is 1.56. The van der Waals surface area contributed by atoms with Crippen molar-refractivity contribution in [2.24, 2.45) is 0 Å². The number of benzene rings is 1. The molecule has 0 saturated heterocycles. The Morgan fingerprint density at radius 1 is 0.952 bits per heavy atom. The van der Waals surface area contributed by atoms with Gasteiger partial charge in [-0.2, -0.15) is 0 Å². The van der Waals surface area contributed by atoms with Crippen molar-refractivity contribution in [3.8, 4) is 0 Å². The van der Waals surface area contributed by atoms with Crippen molar-refractivity contribution in [2.75, 3.05) is 29.6 Å². The van der Waals surface area contributed by atoms with Crippen LogP contribution in [0.4, 0.5) is 17.2 Å². The van der Waals surface area contributed by atoms with Gasteiger partial charge in [0.15, 0.2) is 0 Å². The van der Waals surface area contributed by atoms with Gasteiger partial charge in [-0.3, -0.25) is 9.59 Å². The van der Waals surface area contributed by atoms with E-state index >= 15 is 0 Å². The number of nitrogens with one attached hydrogen (secondary N) is 2. The molecule has 2 N–H and O–H groups in total. The zero-order chi connectivity index (χ0) is 15.2. The molecule has 0 spiro atoms. The lowest BCUT2D eigenvalue weighted by Crippen LogP contribution is -2.29. The lowest BCUT2D eigenvalue weighted by molar-refractivity contribution is -0.133. The van der Waals surface area contributed by atoms with Crippen molar-refractivity contribution in [1.29, 1.82) is 0 Å². The molecule has 1 aromatic heterocycles. The van der Waals surface area contributed by atoms with Crippen LogP contribution in [0.5, 0.6) is 0 Å². The highest BCUT2D eigenvalue weighted by Crippen LogP contribution is 2.15. The van der Waals surface area contributed by atoms with E-state index in [1.54, 1.807) is 30.3 Å². The fourth-order valence-corrected chi connectivity index (χ4v) is 1.64. The summed E-state index contributed by atoms with van der Waals surface area (Å²) >= 11 is 0. The van der Waals surface area contributed by atoms with Crippen LogP contribution in [0, 0.1) is 0 Å². The number of rotatable bonds is 3. The second kappa shape index (κ2) is 6.51. The van der Waals surface area contributed by atoms with E-state index < -0.39 is 11.8 Å². The van der Waals surface area contributed by atoms with Crippen molar-refractivity contribution in [3.63, 3.8) is 0 Å². The van der Waals surface area contributed by atoms with Gasteiger partial charge in [-0.25, -0.2) is 4.98 Å². The zero-order valence-corrected chi connectivity index (χ0v) is 11.8. The largest absolute Gasteiger partial charge is 0.378 e. The van der Waals surface area contributed by atoms with Crippen molar-refractivity contribution in [2.45, 2.75) is 0 Å². The first-order chi connectivity index (χ1) is 10.1. The Balaban J connectivity index is 1.96. The molecule has 1 aromatic carbocycles. The van der Waals surface area contributed by atoms with Gasteiger partial charge in [-0.05, 0) is 36.4 Å². The summed E-state index contributed by atoms with van der Waals surface area (Å²) in [6, 6.07) is 12.2. The van der Waals surface area contributed by atoms with E-state index in [2.05, 4.69) is 15.6 Å². The summed E-state index contributed by atoms with van der Waals surface area (Å²) in [6.45, 7) is 0. The van der Waals surface area contributed by atoms with Gasteiger partial charge in [0.25, 0.3) is 0 Å². The van der Waals surface area contributed by atoms with Crippen LogP contribution in [0.1, 0.15) is 0 Å². The number of pyridine rings is 1. The number of hydrogen-bond donors (Lipinski definition) is 2. The summed E-state index contributed by atoms with van der Waals surface area (Å²) in [7, 11) is 3.85.